The summed E-state index contributed by atoms with van der Waals surface area (Å²) in [6.07, 6.45) is 0. The number of amides is 2. The zero-order chi connectivity index (χ0) is 21.8. The molecule has 2 rings (SSSR count). The maximum Gasteiger partial charge on any atom is 0.254 e. The minimum atomic E-state index is -0.259. The zero-order valence-electron chi connectivity index (χ0n) is 18.4. The van der Waals surface area contributed by atoms with E-state index in [2.05, 4.69) is 31.2 Å². The summed E-state index contributed by atoms with van der Waals surface area (Å²) in [5.74, 6) is 0.979. The van der Waals surface area contributed by atoms with Gasteiger partial charge in [0, 0.05) is 30.6 Å². The summed E-state index contributed by atoms with van der Waals surface area (Å²) >= 11 is 0. The molecule has 0 spiro atoms. The van der Waals surface area contributed by atoms with Crippen LogP contribution in [0.3, 0.4) is 0 Å². The molecule has 0 radical (unpaired) electrons. The van der Waals surface area contributed by atoms with Crippen LogP contribution in [0, 0.1) is 5.92 Å². The highest BCUT2D eigenvalue weighted by Crippen LogP contribution is 2.23. The van der Waals surface area contributed by atoms with E-state index in [-0.39, 0.29) is 29.7 Å². The molecular formula is C22H32N4O3. The van der Waals surface area contributed by atoms with Crippen molar-refractivity contribution in [1.29, 1.82) is 0 Å². The number of aryl methyl sites for hydroxylation is 1. The monoisotopic (exact) mass is 400 g/mol. The van der Waals surface area contributed by atoms with E-state index in [4.69, 9.17) is 4.74 Å². The first kappa shape index (κ1) is 22.5. The second kappa shape index (κ2) is 9.11. The molecule has 1 aromatic heterocycles. The molecule has 1 aromatic carbocycles. The van der Waals surface area contributed by atoms with Crippen molar-refractivity contribution in [2.45, 2.75) is 40.0 Å². The zero-order valence-corrected chi connectivity index (χ0v) is 18.4. The highest BCUT2D eigenvalue weighted by molar-refractivity contribution is 5.99. The number of carbonyl (C=O) groups is 2. The van der Waals surface area contributed by atoms with Crippen molar-refractivity contribution in [1.82, 2.24) is 14.7 Å². The molecule has 2 amide bonds. The Hall–Kier alpha value is -2.83. The molecule has 7 heteroatoms. The molecule has 7 nitrogen and oxygen atoms in total. The molecule has 0 saturated heterocycles. The van der Waals surface area contributed by atoms with Gasteiger partial charge in [-0.05, 0) is 24.1 Å². The van der Waals surface area contributed by atoms with E-state index in [0.29, 0.717) is 23.7 Å². The van der Waals surface area contributed by atoms with Crippen molar-refractivity contribution in [2.24, 2.45) is 13.0 Å². The van der Waals surface area contributed by atoms with E-state index in [9.17, 15) is 9.59 Å². The Morgan fingerprint density at radius 1 is 1.24 bits per heavy atom. The number of hydrogen-bond acceptors (Lipinski definition) is 4. The van der Waals surface area contributed by atoms with E-state index in [0.717, 1.165) is 5.69 Å². The minimum Gasteiger partial charge on any atom is -0.497 e. The van der Waals surface area contributed by atoms with Crippen molar-refractivity contribution >= 4 is 17.6 Å². The van der Waals surface area contributed by atoms with Crippen LogP contribution in [0.15, 0.2) is 30.3 Å². The lowest BCUT2D eigenvalue weighted by molar-refractivity contribution is -0.117. The summed E-state index contributed by atoms with van der Waals surface area (Å²) in [6.45, 7) is 10.7. The standard InChI is InChI=1S/C22H32N4O3/c1-15(2)13-26(21(28)16-9-8-10-17(11-16)29-7)14-20(27)23-19-12-18(22(3,4)5)24-25(19)6/h8-12,15H,13-14H2,1-7H3,(H,23,27). The molecule has 0 aliphatic carbocycles. The van der Waals surface area contributed by atoms with Gasteiger partial charge >= 0.3 is 0 Å². The molecule has 29 heavy (non-hydrogen) atoms. The third-order valence-corrected chi connectivity index (χ3v) is 4.44. The van der Waals surface area contributed by atoms with Crippen LogP contribution in [0.5, 0.6) is 5.75 Å². The lowest BCUT2D eigenvalue weighted by atomic mass is 9.92. The van der Waals surface area contributed by atoms with Crippen LogP contribution in [0.1, 0.15) is 50.7 Å². The predicted molar refractivity (Wildman–Crippen MR) is 114 cm³/mol. The SMILES string of the molecule is COc1cccc(C(=O)N(CC(=O)Nc2cc(C(C)(C)C)nn2C)CC(C)C)c1. The maximum atomic E-state index is 13.0. The van der Waals surface area contributed by atoms with Crippen molar-refractivity contribution in [2.75, 3.05) is 25.5 Å². The van der Waals surface area contributed by atoms with Crippen molar-refractivity contribution < 1.29 is 14.3 Å². The van der Waals surface area contributed by atoms with Gasteiger partial charge in [-0.25, -0.2) is 0 Å². The maximum absolute atomic E-state index is 13.0. The predicted octanol–water partition coefficient (Wildman–Crippen LogP) is 3.46. The molecule has 2 aromatic rings. The molecule has 0 fully saturated rings. The number of methoxy groups -OCH3 is 1. The van der Waals surface area contributed by atoms with Gasteiger partial charge in [-0.15, -0.1) is 0 Å². The third-order valence-electron chi connectivity index (χ3n) is 4.44. The first-order chi connectivity index (χ1) is 13.5. The molecular weight excluding hydrogens is 368 g/mol. The van der Waals surface area contributed by atoms with Gasteiger partial charge in [-0.2, -0.15) is 5.10 Å². The van der Waals surface area contributed by atoms with Crippen molar-refractivity contribution in [3.8, 4) is 5.75 Å². The molecule has 1 N–H and O–H groups in total. The topological polar surface area (TPSA) is 76.5 Å². The fraction of sp³-hybridized carbons (Fsp3) is 0.500. The number of nitrogens with one attached hydrogen (secondary N) is 1. The van der Waals surface area contributed by atoms with Crippen LogP contribution < -0.4 is 10.1 Å². The van der Waals surface area contributed by atoms with Crippen LogP contribution in [-0.2, 0) is 17.3 Å². The number of aromatic nitrogens is 2. The second-order valence-corrected chi connectivity index (χ2v) is 8.65. The van der Waals surface area contributed by atoms with Crippen molar-refractivity contribution in [3.63, 3.8) is 0 Å². The normalized spacial score (nSPS) is 11.4. The van der Waals surface area contributed by atoms with Gasteiger partial charge in [0.25, 0.3) is 5.91 Å². The van der Waals surface area contributed by atoms with Crippen LogP contribution in [-0.4, -0.2) is 46.7 Å². The first-order valence-electron chi connectivity index (χ1n) is 9.79. The molecule has 0 saturated carbocycles. The summed E-state index contributed by atoms with van der Waals surface area (Å²) in [5.41, 5.74) is 1.27. The van der Waals surface area contributed by atoms with Gasteiger partial charge in [-0.3, -0.25) is 14.3 Å². The highest BCUT2D eigenvalue weighted by atomic mass is 16.5. The first-order valence-corrected chi connectivity index (χ1v) is 9.79. The molecule has 0 aliphatic rings. The summed E-state index contributed by atoms with van der Waals surface area (Å²) in [4.78, 5) is 27.3. The Kier molecular flexibility index (Phi) is 7.06. The van der Waals surface area contributed by atoms with Gasteiger partial charge in [0.2, 0.25) is 5.91 Å². The third kappa shape index (κ3) is 6.07. The second-order valence-electron chi connectivity index (χ2n) is 8.65. The number of rotatable bonds is 7. The fourth-order valence-corrected chi connectivity index (χ4v) is 2.91. The lowest BCUT2D eigenvalue weighted by Crippen LogP contribution is -2.40. The Balaban J connectivity index is 2.16. The Morgan fingerprint density at radius 3 is 2.48 bits per heavy atom. The highest BCUT2D eigenvalue weighted by Gasteiger charge is 2.23. The lowest BCUT2D eigenvalue weighted by Gasteiger charge is -2.24. The average molecular weight is 401 g/mol. The number of nitrogens with zero attached hydrogens (tertiary/aromatic N) is 3. The van der Waals surface area contributed by atoms with Gasteiger partial charge in [-0.1, -0.05) is 40.7 Å². The Morgan fingerprint density at radius 2 is 1.93 bits per heavy atom. The summed E-state index contributed by atoms with van der Waals surface area (Å²) in [7, 11) is 3.35. The number of hydrogen-bond donors (Lipinski definition) is 1. The number of benzene rings is 1. The Labute approximate surface area is 173 Å². The largest absolute Gasteiger partial charge is 0.497 e. The number of ether oxygens (including phenoxy) is 1. The molecule has 1 heterocycles. The van der Waals surface area contributed by atoms with Crippen LogP contribution in [0.2, 0.25) is 0 Å². The average Bonchev–Trinajstić information content (AvgIpc) is 3.01. The number of carbonyl (C=O) groups excluding carboxylic acids is 2. The van der Waals surface area contributed by atoms with E-state index >= 15 is 0 Å². The fourth-order valence-electron chi connectivity index (χ4n) is 2.91. The van der Waals surface area contributed by atoms with E-state index in [1.165, 1.54) is 0 Å². The van der Waals surface area contributed by atoms with Gasteiger partial charge in [0.05, 0.1) is 12.8 Å². The quantitative estimate of drug-likeness (QED) is 0.772. The summed E-state index contributed by atoms with van der Waals surface area (Å²) in [6, 6.07) is 8.83. The molecule has 158 valence electrons. The number of anilines is 1. The Bertz CT molecular complexity index is 865. The minimum absolute atomic E-state index is 0.0374. The smallest absolute Gasteiger partial charge is 0.254 e. The van der Waals surface area contributed by atoms with E-state index < -0.39 is 0 Å². The van der Waals surface area contributed by atoms with Crippen LogP contribution in [0.4, 0.5) is 5.82 Å². The van der Waals surface area contributed by atoms with Gasteiger partial charge in [0.1, 0.15) is 18.1 Å². The molecule has 0 atom stereocenters. The van der Waals surface area contributed by atoms with Crippen LogP contribution >= 0.6 is 0 Å². The van der Waals surface area contributed by atoms with Crippen molar-refractivity contribution in [3.05, 3.63) is 41.6 Å². The molecule has 0 aliphatic heterocycles. The van der Waals surface area contributed by atoms with Gasteiger partial charge < -0.3 is 15.0 Å². The molecule has 0 bridgehead atoms. The van der Waals surface area contributed by atoms with E-state index in [1.807, 2.05) is 19.9 Å². The summed E-state index contributed by atoms with van der Waals surface area (Å²) in [5, 5.41) is 7.35. The van der Waals surface area contributed by atoms with Gasteiger partial charge in [0.15, 0.2) is 0 Å². The molecule has 0 unspecified atom stereocenters. The van der Waals surface area contributed by atoms with E-state index in [1.54, 1.807) is 48.0 Å². The summed E-state index contributed by atoms with van der Waals surface area (Å²) < 4.78 is 6.86. The van der Waals surface area contributed by atoms with Crippen LogP contribution in [0.25, 0.3) is 0 Å².